The fourth-order valence-electron chi connectivity index (χ4n) is 3.63. The van der Waals surface area contributed by atoms with Crippen LogP contribution in [-0.4, -0.2) is 44.5 Å². The molecule has 1 aromatic heterocycles. The first kappa shape index (κ1) is 28.5. The van der Waals surface area contributed by atoms with Crippen LogP contribution in [0.2, 0.25) is 0 Å². The highest BCUT2D eigenvalue weighted by molar-refractivity contribution is 5.97. The van der Waals surface area contributed by atoms with Crippen LogP contribution in [0.25, 0.3) is 11.4 Å². The summed E-state index contributed by atoms with van der Waals surface area (Å²) >= 11 is 0. The van der Waals surface area contributed by atoms with E-state index in [0.717, 1.165) is 16.7 Å². The summed E-state index contributed by atoms with van der Waals surface area (Å²) in [5.41, 5.74) is 4.49. The van der Waals surface area contributed by atoms with Crippen LogP contribution < -0.4 is 10.8 Å². The number of amides is 1. The highest BCUT2D eigenvalue weighted by Crippen LogP contribution is 2.22. The van der Waals surface area contributed by atoms with Crippen molar-refractivity contribution in [1.82, 2.24) is 20.8 Å². The van der Waals surface area contributed by atoms with Gasteiger partial charge in [-0.2, -0.15) is 0 Å². The Morgan fingerprint density at radius 3 is 2.00 bits per heavy atom. The Labute approximate surface area is 223 Å². The Bertz CT molecular complexity index is 1270. The quantitative estimate of drug-likeness (QED) is 0.157. The molecule has 3 rings (SSSR count). The topological polar surface area (TPSA) is 137 Å². The van der Waals surface area contributed by atoms with Crippen LogP contribution in [0.15, 0.2) is 60.9 Å². The molecule has 0 spiro atoms. The van der Waals surface area contributed by atoms with Crippen LogP contribution in [0.3, 0.4) is 0 Å². The summed E-state index contributed by atoms with van der Waals surface area (Å²) in [5.74, 6) is -0.622. The number of hydroxylamine groups is 1. The fourth-order valence-corrected chi connectivity index (χ4v) is 3.63. The first-order valence-electron chi connectivity index (χ1n) is 12.3. The highest BCUT2D eigenvalue weighted by atomic mass is 16.6. The zero-order chi connectivity index (χ0) is 28.1. The monoisotopic (exact) mass is 517 g/mol. The van der Waals surface area contributed by atoms with Crippen LogP contribution in [0, 0.1) is 5.41 Å². The molecule has 9 nitrogen and oxygen atoms in total. The zero-order valence-electron chi connectivity index (χ0n) is 22.6. The maximum atomic E-state index is 13.0. The van der Waals surface area contributed by atoms with E-state index >= 15 is 0 Å². The summed E-state index contributed by atoms with van der Waals surface area (Å²) in [4.78, 5) is 34.5. The van der Waals surface area contributed by atoms with E-state index in [2.05, 4.69) is 36.1 Å². The van der Waals surface area contributed by atoms with Gasteiger partial charge in [-0.15, -0.1) is 0 Å². The van der Waals surface area contributed by atoms with Crippen molar-refractivity contribution in [3.8, 4) is 11.4 Å². The average molecular weight is 518 g/mol. The predicted octanol–water partition coefficient (Wildman–Crippen LogP) is 4.43. The Balaban J connectivity index is 1.77. The molecule has 0 fully saturated rings. The summed E-state index contributed by atoms with van der Waals surface area (Å²) in [6.07, 6.45) is 3.11. The van der Waals surface area contributed by atoms with Crippen molar-refractivity contribution >= 4 is 17.7 Å². The maximum absolute atomic E-state index is 13.0. The number of benzene rings is 2. The van der Waals surface area contributed by atoms with E-state index in [4.69, 9.17) is 15.4 Å². The van der Waals surface area contributed by atoms with E-state index in [1.807, 2.05) is 36.4 Å². The third kappa shape index (κ3) is 7.69. The molecule has 1 atom stereocenters. The number of nitrogens with zero attached hydrogens (tertiary/aromatic N) is 2. The Morgan fingerprint density at radius 2 is 1.50 bits per heavy atom. The fraction of sp³-hybridized carbons (Fsp3) is 0.345. The number of hydrogen-bond donors (Lipinski definition) is 4. The largest absolute Gasteiger partial charge is 0.458 e. The molecule has 2 aromatic carbocycles. The molecule has 0 aliphatic heterocycles. The summed E-state index contributed by atoms with van der Waals surface area (Å²) in [5, 5.41) is 19.3. The van der Waals surface area contributed by atoms with Gasteiger partial charge in [0, 0.05) is 29.9 Å². The molecule has 0 aliphatic rings. The minimum absolute atomic E-state index is 0.0348. The van der Waals surface area contributed by atoms with Gasteiger partial charge in [0.2, 0.25) is 0 Å². The smallest absolute Gasteiger partial charge is 0.329 e. The van der Waals surface area contributed by atoms with E-state index in [0.29, 0.717) is 17.0 Å². The third-order valence-electron chi connectivity index (χ3n) is 5.71. The van der Waals surface area contributed by atoms with Crippen molar-refractivity contribution in [3.05, 3.63) is 83.2 Å². The molecule has 1 amide bonds. The molecule has 3 aromatic rings. The normalized spacial score (nSPS) is 12.4. The molecule has 0 saturated heterocycles. The second kappa shape index (κ2) is 11.5. The van der Waals surface area contributed by atoms with E-state index in [1.54, 1.807) is 38.4 Å². The lowest BCUT2D eigenvalue weighted by molar-refractivity contribution is -0.157. The molecule has 0 radical (unpaired) electrons. The van der Waals surface area contributed by atoms with Gasteiger partial charge in [0.25, 0.3) is 5.91 Å². The molecule has 200 valence electrons. The Hall–Kier alpha value is -4.11. The molecule has 38 heavy (non-hydrogen) atoms. The molecular weight excluding hydrogens is 482 g/mol. The molecule has 1 heterocycles. The predicted molar refractivity (Wildman–Crippen MR) is 145 cm³/mol. The first-order valence-corrected chi connectivity index (χ1v) is 12.3. The highest BCUT2D eigenvalue weighted by Gasteiger charge is 2.27. The van der Waals surface area contributed by atoms with Crippen molar-refractivity contribution in [2.45, 2.75) is 65.0 Å². The lowest BCUT2D eigenvalue weighted by Gasteiger charge is -2.25. The average Bonchev–Trinajstić information content (AvgIpc) is 2.87. The zero-order valence-corrected chi connectivity index (χ0v) is 22.6. The molecule has 0 bridgehead atoms. The molecule has 0 saturated carbocycles. The van der Waals surface area contributed by atoms with E-state index in [-0.39, 0.29) is 23.6 Å². The van der Waals surface area contributed by atoms with Gasteiger partial charge in [-0.1, -0.05) is 57.2 Å². The number of carbonyl (C=O) groups excluding carboxylic acids is 2. The number of aromatic nitrogens is 2. The van der Waals surface area contributed by atoms with Crippen molar-refractivity contribution in [2.75, 3.05) is 0 Å². The second-order valence-electron chi connectivity index (χ2n) is 11.1. The second-order valence-corrected chi connectivity index (χ2v) is 11.1. The van der Waals surface area contributed by atoms with Crippen LogP contribution in [0.1, 0.15) is 68.6 Å². The molecule has 9 heteroatoms. The van der Waals surface area contributed by atoms with Crippen molar-refractivity contribution in [2.24, 2.45) is 0 Å². The number of amidine groups is 1. The Kier molecular flexibility index (Phi) is 8.63. The first-order chi connectivity index (χ1) is 17.8. The van der Waals surface area contributed by atoms with Crippen molar-refractivity contribution in [3.63, 3.8) is 0 Å². The standard InChI is InChI=1S/C29H35N5O4/c1-28(2,3)22-13-11-20(12-14-22)26(35)33-23(27(36)38-29(4,5)6)15-18-7-9-19(10-8-18)25-31-16-21(17-32-25)24(30)34-37/h7-14,16-17,23,37H,15H2,1-6H3,(H2,30,34)(H,33,35). The van der Waals surface area contributed by atoms with Crippen molar-refractivity contribution in [1.29, 1.82) is 5.41 Å². The van der Waals surface area contributed by atoms with Crippen molar-refractivity contribution < 1.29 is 19.5 Å². The maximum Gasteiger partial charge on any atom is 0.329 e. The Morgan fingerprint density at radius 1 is 0.921 bits per heavy atom. The van der Waals surface area contributed by atoms with E-state index in [1.165, 1.54) is 12.4 Å². The number of rotatable bonds is 7. The number of ether oxygens (including phenoxy) is 1. The molecule has 0 aliphatic carbocycles. The van der Waals surface area contributed by atoms with Gasteiger partial charge in [0.05, 0.1) is 5.56 Å². The summed E-state index contributed by atoms with van der Waals surface area (Å²) in [6.45, 7) is 11.7. The number of esters is 1. The molecule has 4 N–H and O–H groups in total. The van der Waals surface area contributed by atoms with Gasteiger partial charge >= 0.3 is 5.97 Å². The number of carbonyl (C=O) groups is 2. The summed E-state index contributed by atoms with van der Waals surface area (Å²) in [7, 11) is 0. The number of hydrogen-bond acceptors (Lipinski definition) is 7. The van der Waals surface area contributed by atoms with Crippen LogP contribution in [-0.2, 0) is 21.4 Å². The van der Waals surface area contributed by atoms with Crippen LogP contribution >= 0.6 is 0 Å². The van der Waals surface area contributed by atoms with Gasteiger partial charge in [0.1, 0.15) is 11.6 Å². The summed E-state index contributed by atoms with van der Waals surface area (Å²) in [6, 6.07) is 13.8. The van der Waals surface area contributed by atoms with Gasteiger partial charge < -0.3 is 10.1 Å². The molecule has 1 unspecified atom stereocenters. The minimum Gasteiger partial charge on any atom is -0.458 e. The van der Waals surface area contributed by atoms with Crippen LogP contribution in [0.4, 0.5) is 0 Å². The summed E-state index contributed by atoms with van der Waals surface area (Å²) < 4.78 is 5.59. The van der Waals surface area contributed by atoms with E-state index < -0.39 is 17.6 Å². The lowest BCUT2D eigenvalue weighted by atomic mass is 9.86. The third-order valence-corrected chi connectivity index (χ3v) is 5.71. The van der Waals surface area contributed by atoms with Gasteiger partial charge in [0.15, 0.2) is 11.7 Å². The number of nitrogens with one attached hydrogen (secondary N) is 3. The van der Waals surface area contributed by atoms with Gasteiger partial charge in [-0.25, -0.2) is 14.8 Å². The molecular formula is C29H35N5O4. The van der Waals surface area contributed by atoms with Gasteiger partial charge in [-0.3, -0.25) is 20.9 Å². The minimum atomic E-state index is -0.887. The van der Waals surface area contributed by atoms with E-state index in [9.17, 15) is 9.59 Å². The lowest BCUT2D eigenvalue weighted by Crippen LogP contribution is -2.45. The van der Waals surface area contributed by atoms with Gasteiger partial charge in [-0.05, 0) is 49.4 Å². The SMILES string of the molecule is CC(C)(C)OC(=O)C(Cc1ccc(-c2ncc(C(=N)NO)cn2)cc1)NC(=O)c1ccc(C(C)(C)C)cc1. The van der Waals surface area contributed by atoms with Crippen LogP contribution in [0.5, 0.6) is 0 Å².